The molecule has 3 rings (SSSR count). The van der Waals surface area contributed by atoms with Crippen molar-refractivity contribution in [2.75, 3.05) is 11.1 Å². The van der Waals surface area contributed by atoms with E-state index in [0.29, 0.717) is 21.8 Å². The van der Waals surface area contributed by atoms with E-state index in [0.717, 1.165) is 10.5 Å². The van der Waals surface area contributed by atoms with Crippen LogP contribution < -0.4 is 11.1 Å². The first-order valence-electron chi connectivity index (χ1n) is 8.13. The molecule has 0 radical (unpaired) electrons. The number of non-ortho nitro benzene ring substituents is 1. The van der Waals surface area contributed by atoms with Gasteiger partial charge in [-0.1, -0.05) is 35.5 Å². The minimum Gasteiger partial charge on any atom is -0.398 e. The second kappa shape index (κ2) is 7.92. The number of rotatable bonds is 5. The molecule has 0 saturated heterocycles. The number of nitrogens with zero attached hydrogens (tertiary/aromatic N) is 1. The summed E-state index contributed by atoms with van der Waals surface area (Å²) in [6, 6.07) is 18.9. The first-order chi connectivity index (χ1) is 12.9. The van der Waals surface area contributed by atoms with Gasteiger partial charge in [0, 0.05) is 33.3 Å². The zero-order chi connectivity index (χ0) is 19.4. The average Bonchev–Trinajstić information content (AvgIpc) is 2.64. The predicted octanol–water partition coefficient (Wildman–Crippen LogP) is 4.89. The molecule has 136 valence electrons. The van der Waals surface area contributed by atoms with Crippen LogP contribution in [-0.2, 0) is 0 Å². The number of hydrogen-bond donors (Lipinski definition) is 2. The number of nitrogens with one attached hydrogen (secondary N) is 1. The summed E-state index contributed by atoms with van der Waals surface area (Å²) in [5, 5.41) is 13.6. The van der Waals surface area contributed by atoms with Gasteiger partial charge in [-0.3, -0.25) is 14.9 Å². The van der Waals surface area contributed by atoms with Gasteiger partial charge in [0.15, 0.2) is 0 Å². The molecule has 27 heavy (non-hydrogen) atoms. The number of anilines is 2. The lowest BCUT2D eigenvalue weighted by Crippen LogP contribution is -2.15. The number of nitro benzene ring substituents is 1. The Morgan fingerprint density at radius 1 is 1.04 bits per heavy atom. The normalized spacial score (nSPS) is 10.4. The lowest BCUT2D eigenvalue weighted by molar-refractivity contribution is -0.384. The van der Waals surface area contributed by atoms with Gasteiger partial charge in [-0.2, -0.15) is 0 Å². The first-order valence-corrected chi connectivity index (χ1v) is 8.94. The van der Waals surface area contributed by atoms with Gasteiger partial charge >= 0.3 is 0 Å². The average molecular weight is 379 g/mol. The minimum atomic E-state index is -0.449. The second-order valence-electron chi connectivity index (χ2n) is 5.89. The summed E-state index contributed by atoms with van der Waals surface area (Å²) >= 11 is 1.33. The van der Waals surface area contributed by atoms with Gasteiger partial charge in [-0.25, -0.2) is 0 Å². The van der Waals surface area contributed by atoms with E-state index in [9.17, 15) is 14.9 Å². The summed E-state index contributed by atoms with van der Waals surface area (Å²) in [5.74, 6) is -0.304. The molecule has 6 nitrogen and oxygen atoms in total. The number of amides is 1. The molecule has 7 heteroatoms. The Bertz CT molecular complexity index is 986. The van der Waals surface area contributed by atoms with Crippen LogP contribution in [0.3, 0.4) is 0 Å². The molecular formula is C20H17N3O3S. The number of carbonyl (C=O) groups is 1. The van der Waals surface area contributed by atoms with Crippen LogP contribution in [-0.4, -0.2) is 10.8 Å². The van der Waals surface area contributed by atoms with E-state index in [1.807, 2.05) is 31.2 Å². The predicted molar refractivity (Wildman–Crippen MR) is 107 cm³/mol. The van der Waals surface area contributed by atoms with Crippen LogP contribution in [0.1, 0.15) is 15.9 Å². The van der Waals surface area contributed by atoms with Gasteiger partial charge in [0.2, 0.25) is 0 Å². The highest BCUT2D eigenvalue weighted by molar-refractivity contribution is 7.99. The van der Waals surface area contributed by atoms with Crippen molar-refractivity contribution in [3.8, 4) is 0 Å². The molecule has 0 aliphatic heterocycles. The van der Waals surface area contributed by atoms with Crippen LogP contribution in [0.5, 0.6) is 0 Å². The van der Waals surface area contributed by atoms with Crippen molar-refractivity contribution in [2.24, 2.45) is 0 Å². The van der Waals surface area contributed by atoms with Gasteiger partial charge in [-0.05, 0) is 43.3 Å². The molecule has 3 N–H and O–H groups in total. The summed E-state index contributed by atoms with van der Waals surface area (Å²) in [4.78, 5) is 24.6. The van der Waals surface area contributed by atoms with Crippen LogP contribution >= 0.6 is 11.8 Å². The van der Waals surface area contributed by atoms with Crippen molar-refractivity contribution in [3.05, 3.63) is 88.0 Å². The van der Waals surface area contributed by atoms with Crippen LogP contribution in [0.15, 0.2) is 76.5 Å². The number of nitro groups is 1. The number of hydrogen-bond acceptors (Lipinski definition) is 5. The standard InChI is InChI=1S/C20H17N3O3S/c1-13-5-7-14(8-6-13)22-20(24)19-17(21)3-2-4-18(19)27-16-11-9-15(10-12-16)23(25)26/h2-12H,21H2,1H3,(H,22,24). The Morgan fingerprint density at radius 3 is 2.33 bits per heavy atom. The third-order valence-corrected chi connectivity index (χ3v) is 4.94. The molecule has 0 bridgehead atoms. The third kappa shape index (κ3) is 4.45. The topological polar surface area (TPSA) is 98.3 Å². The molecule has 0 heterocycles. The first kappa shape index (κ1) is 18.5. The van der Waals surface area contributed by atoms with E-state index >= 15 is 0 Å². The molecule has 0 fully saturated rings. The van der Waals surface area contributed by atoms with E-state index in [-0.39, 0.29) is 11.6 Å². The highest BCUT2D eigenvalue weighted by Gasteiger charge is 2.16. The van der Waals surface area contributed by atoms with Crippen molar-refractivity contribution in [1.29, 1.82) is 0 Å². The molecule has 0 aliphatic carbocycles. The Labute approximate surface area is 160 Å². The quantitative estimate of drug-likeness (QED) is 0.374. The Hall–Kier alpha value is -3.32. The van der Waals surface area contributed by atoms with Gasteiger partial charge in [-0.15, -0.1) is 0 Å². The van der Waals surface area contributed by atoms with Gasteiger partial charge in [0.05, 0.1) is 10.5 Å². The Balaban J connectivity index is 1.86. The largest absolute Gasteiger partial charge is 0.398 e. The molecule has 0 unspecified atom stereocenters. The fourth-order valence-electron chi connectivity index (χ4n) is 2.47. The van der Waals surface area contributed by atoms with Crippen molar-refractivity contribution < 1.29 is 9.72 Å². The van der Waals surface area contributed by atoms with Crippen LogP contribution in [0.4, 0.5) is 17.1 Å². The second-order valence-corrected chi connectivity index (χ2v) is 7.01. The zero-order valence-corrected chi connectivity index (χ0v) is 15.3. The Kier molecular flexibility index (Phi) is 5.42. The number of benzene rings is 3. The van der Waals surface area contributed by atoms with Crippen LogP contribution in [0, 0.1) is 17.0 Å². The van der Waals surface area contributed by atoms with E-state index < -0.39 is 4.92 Å². The smallest absolute Gasteiger partial charge is 0.269 e. The third-order valence-electron chi connectivity index (χ3n) is 3.87. The number of carbonyl (C=O) groups excluding carboxylic acids is 1. The maximum absolute atomic E-state index is 12.8. The highest BCUT2D eigenvalue weighted by atomic mass is 32.2. The van der Waals surface area contributed by atoms with E-state index in [4.69, 9.17) is 5.73 Å². The minimum absolute atomic E-state index is 0.0178. The molecule has 0 atom stereocenters. The van der Waals surface area contributed by atoms with Crippen molar-refractivity contribution in [1.82, 2.24) is 0 Å². The maximum Gasteiger partial charge on any atom is 0.269 e. The van der Waals surface area contributed by atoms with Gasteiger partial charge in [0.1, 0.15) is 0 Å². The fourth-order valence-corrected chi connectivity index (χ4v) is 3.45. The Morgan fingerprint density at radius 2 is 1.70 bits per heavy atom. The molecule has 3 aromatic rings. The highest BCUT2D eigenvalue weighted by Crippen LogP contribution is 2.34. The fraction of sp³-hybridized carbons (Fsp3) is 0.0500. The summed E-state index contributed by atoms with van der Waals surface area (Å²) in [6.45, 7) is 1.97. The van der Waals surface area contributed by atoms with Crippen molar-refractivity contribution >= 4 is 34.7 Å². The molecule has 3 aromatic carbocycles. The van der Waals surface area contributed by atoms with Crippen LogP contribution in [0.2, 0.25) is 0 Å². The van der Waals surface area contributed by atoms with Gasteiger partial charge < -0.3 is 11.1 Å². The lowest BCUT2D eigenvalue weighted by atomic mass is 10.1. The monoisotopic (exact) mass is 379 g/mol. The molecule has 0 spiro atoms. The van der Waals surface area contributed by atoms with Crippen molar-refractivity contribution in [3.63, 3.8) is 0 Å². The number of nitrogens with two attached hydrogens (primary N) is 1. The summed E-state index contributed by atoms with van der Waals surface area (Å²) in [6.07, 6.45) is 0. The lowest BCUT2D eigenvalue weighted by Gasteiger charge is -2.12. The van der Waals surface area contributed by atoms with E-state index in [1.54, 1.807) is 30.3 Å². The van der Waals surface area contributed by atoms with Crippen molar-refractivity contribution in [2.45, 2.75) is 16.7 Å². The number of nitrogen functional groups attached to an aromatic ring is 1. The molecule has 1 amide bonds. The van der Waals surface area contributed by atoms with Crippen LogP contribution in [0.25, 0.3) is 0 Å². The summed E-state index contributed by atoms with van der Waals surface area (Å²) < 4.78 is 0. The number of aryl methyl sites for hydroxylation is 1. The van der Waals surface area contributed by atoms with E-state index in [1.165, 1.54) is 23.9 Å². The SMILES string of the molecule is Cc1ccc(NC(=O)c2c(N)cccc2Sc2ccc([N+](=O)[O-])cc2)cc1. The van der Waals surface area contributed by atoms with E-state index in [2.05, 4.69) is 5.32 Å². The molecule has 0 aliphatic rings. The maximum atomic E-state index is 12.8. The molecule has 0 saturated carbocycles. The molecule has 0 aromatic heterocycles. The zero-order valence-electron chi connectivity index (χ0n) is 14.5. The molecular weight excluding hydrogens is 362 g/mol. The van der Waals surface area contributed by atoms with Gasteiger partial charge in [0.25, 0.3) is 11.6 Å². The summed E-state index contributed by atoms with van der Waals surface area (Å²) in [7, 11) is 0. The summed E-state index contributed by atoms with van der Waals surface area (Å²) in [5.41, 5.74) is 8.59.